The molecule has 0 aliphatic carbocycles. The summed E-state index contributed by atoms with van der Waals surface area (Å²) in [5.41, 5.74) is 0.244. The maximum atomic E-state index is 13.3. The van der Waals surface area contributed by atoms with Gasteiger partial charge in [-0.05, 0) is 25.1 Å². The molecule has 5 heteroatoms. The highest BCUT2D eigenvalue weighted by Crippen LogP contribution is 2.21. The monoisotopic (exact) mass is 256 g/mol. The van der Waals surface area contributed by atoms with Gasteiger partial charge >= 0.3 is 0 Å². The molecule has 0 atom stereocenters. The molecule has 2 rings (SSSR count). The molecule has 1 amide bonds. The van der Waals surface area contributed by atoms with Crippen molar-refractivity contribution >= 4 is 17.5 Å². The highest BCUT2D eigenvalue weighted by atomic mass is 35.5. The van der Waals surface area contributed by atoms with Gasteiger partial charge in [0, 0.05) is 19.6 Å². The summed E-state index contributed by atoms with van der Waals surface area (Å²) in [5, 5.41) is 3.12. The third-order valence-electron chi connectivity index (χ3n) is 2.81. The van der Waals surface area contributed by atoms with Crippen LogP contribution in [0.2, 0.25) is 5.02 Å². The van der Waals surface area contributed by atoms with Gasteiger partial charge in [0.25, 0.3) is 5.91 Å². The maximum absolute atomic E-state index is 13.3. The van der Waals surface area contributed by atoms with Crippen molar-refractivity contribution in [1.82, 2.24) is 10.2 Å². The smallest absolute Gasteiger partial charge is 0.255 e. The van der Waals surface area contributed by atoms with Gasteiger partial charge in [-0.3, -0.25) is 4.79 Å². The average molecular weight is 257 g/mol. The Morgan fingerprint density at radius 1 is 1.35 bits per heavy atom. The van der Waals surface area contributed by atoms with Crippen molar-refractivity contribution in [1.29, 1.82) is 0 Å². The molecule has 1 aromatic rings. The molecule has 3 nitrogen and oxygen atoms in total. The van der Waals surface area contributed by atoms with Gasteiger partial charge in [-0.2, -0.15) is 0 Å². The predicted octanol–water partition coefficient (Wildman–Crippen LogP) is 1.91. The van der Waals surface area contributed by atoms with E-state index in [1.165, 1.54) is 12.1 Å². The summed E-state index contributed by atoms with van der Waals surface area (Å²) in [4.78, 5) is 13.9. The highest BCUT2D eigenvalue weighted by molar-refractivity contribution is 6.34. The molecule has 1 saturated heterocycles. The van der Waals surface area contributed by atoms with Crippen LogP contribution in [0.4, 0.5) is 4.39 Å². The van der Waals surface area contributed by atoms with E-state index in [0.717, 1.165) is 19.5 Å². The number of rotatable bonds is 1. The minimum absolute atomic E-state index is 0.0882. The van der Waals surface area contributed by atoms with Crippen LogP contribution in [0.15, 0.2) is 18.2 Å². The number of hydrogen-bond donors (Lipinski definition) is 1. The number of nitrogens with zero attached hydrogens (tertiary/aromatic N) is 1. The first-order valence-electron chi connectivity index (χ1n) is 5.64. The Hall–Kier alpha value is -1.13. The second-order valence-corrected chi connectivity index (χ2v) is 4.38. The summed E-state index contributed by atoms with van der Waals surface area (Å²) in [5.74, 6) is -0.747. The zero-order chi connectivity index (χ0) is 12.3. The van der Waals surface area contributed by atoms with E-state index in [4.69, 9.17) is 11.6 Å². The first-order valence-corrected chi connectivity index (χ1v) is 6.02. The van der Waals surface area contributed by atoms with Crippen LogP contribution in [-0.2, 0) is 0 Å². The van der Waals surface area contributed by atoms with Crippen LogP contribution in [0.25, 0.3) is 0 Å². The second kappa shape index (κ2) is 5.47. The molecule has 1 N–H and O–H groups in total. The van der Waals surface area contributed by atoms with Crippen LogP contribution in [0.3, 0.4) is 0 Å². The minimum Gasteiger partial charge on any atom is -0.337 e. The summed E-state index contributed by atoms with van der Waals surface area (Å²) in [6, 6.07) is 4.32. The van der Waals surface area contributed by atoms with Crippen molar-refractivity contribution in [2.75, 3.05) is 26.2 Å². The summed E-state index contributed by atoms with van der Waals surface area (Å²) in [6.45, 7) is 2.98. The van der Waals surface area contributed by atoms with Crippen molar-refractivity contribution in [3.63, 3.8) is 0 Å². The van der Waals surface area contributed by atoms with Crippen LogP contribution in [0.5, 0.6) is 0 Å². The van der Waals surface area contributed by atoms with E-state index >= 15 is 0 Å². The molecular formula is C12H14ClFN2O. The van der Waals surface area contributed by atoms with E-state index in [0.29, 0.717) is 13.1 Å². The Balaban J connectivity index is 2.20. The molecule has 0 radical (unpaired) electrons. The molecule has 0 unspecified atom stereocenters. The molecule has 0 saturated carbocycles. The third kappa shape index (κ3) is 2.76. The standard InChI is InChI=1S/C12H14ClFN2O/c13-11-9(3-1-4-10(11)14)12(17)16-7-2-5-15-6-8-16/h1,3-4,15H,2,5-8H2. The SMILES string of the molecule is O=C(c1cccc(F)c1Cl)N1CCCNCC1. The predicted molar refractivity (Wildman–Crippen MR) is 64.8 cm³/mol. The van der Waals surface area contributed by atoms with Crippen molar-refractivity contribution in [2.24, 2.45) is 0 Å². The number of nitrogens with one attached hydrogen (secondary N) is 1. The lowest BCUT2D eigenvalue weighted by Gasteiger charge is -2.20. The molecule has 1 fully saturated rings. The van der Waals surface area contributed by atoms with Gasteiger partial charge in [-0.25, -0.2) is 4.39 Å². The van der Waals surface area contributed by atoms with Gasteiger partial charge in [0.15, 0.2) is 0 Å². The zero-order valence-electron chi connectivity index (χ0n) is 9.38. The largest absolute Gasteiger partial charge is 0.337 e. The fourth-order valence-electron chi connectivity index (χ4n) is 1.89. The summed E-state index contributed by atoms with van der Waals surface area (Å²) in [6.07, 6.45) is 0.901. The van der Waals surface area contributed by atoms with Gasteiger partial charge in [0.05, 0.1) is 10.6 Å². The van der Waals surface area contributed by atoms with Crippen molar-refractivity contribution in [2.45, 2.75) is 6.42 Å². The van der Waals surface area contributed by atoms with Gasteiger partial charge in [-0.1, -0.05) is 17.7 Å². The summed E-state index contributed by atoms with van der Waals surface area (Å²) >= 11 is 5.81. The molecule has 92 valence electrons. The van der Waals surface area contributed by atoms with Crippen LogP contribution in [-0.4, -0.2) is 37.0 Å². The van der Waals surface area contributed by atoms with Crippen molar-refractivity contribution < 1.29 is 9.18 Å². The number of carbonyl (C=O) groups excluding carboxylic acids is 1. The highest BCUT2D eigenvalue weighted by Gasteiger charge is 2.20. The van der Waals surface area contributed by atoms with E-state index in [-0.39, 0.29) is 16.5 Å². The van der Waals surface area contributed by atoms with E-state index < -0.39 is 5.82 Å². The molecule has 1 aromatic carbocycles. The van der Waals surface area contributed by atoms with Crippen LogP contribution in [0, 0.1) is 5.82 Å². The number of benzene rings is 1. The zero-order valence-corrected chi connectivity index (χ0v) is 10.1. The average Bonchev–Trinajstić information content (AvgIpc) is 2.60. The van der Waals surface area contributed by atoms with E-state index in [2.05, 4.69) is 5.32 Å². The molecular weight excluding hydrogens is 243 g/mol. The second-order valence-electron chi connectivity index (χ2n) is 4.00. The van der Waals surface area contributed by atoms with Crippen LogP contribution < -0.4 is 5.32 Å². The molecule has 0 spiro atoms. The molecule has 1 aliphatic rings. The Morgan fingerprint density at radius 2 is 2.18 bits per heavy atom. The first kappa shape index (κ1) is 12.3. The number of halogens is 2. The van der Waals surface area contributed by atoms with Gasteiger partial charge < -0.3 is 10.2 Å². The van der Waals surface area contributed by atoms with Gasteiger partial charge in [0.2, 0.25) is 0 Å². The normalized spacial score (nSPS) is 16.7. The van der Waals surface area contributed by atoms with Crippen LogP contribution in [0.1, 0.15) is 16.8 Å². The molecule has 1 aliphatic heterocycles. The fraction of sp³-hybridized carbons (Fsp3) is 0.417. The van der Waals surface area contributed by atoms with Crippen molar-refractivity contribution in [3.05, 3.63) is 34.6 Å². The Kier molecular flexibility index (Phi) is 3.97. The maximum Gasteiger partial charge on any atom is 0.255 e. The lowest BCUT2D eigenvalue weighted by atomic mass is 10.2. The quantitative estimate of drug-likeness (QED) is 0.833. The fourth-order valence-corrected chi connectivity index (χ4v) is 2.09. The Labute approximate surface area is 105 Å². The topological polar surface area (TPSA) is 32.3 Å². The molecule has 1 heterocycles. The van der Waals surface area contributed by atoms with E-state index in [1.807, 2.05) is 0 Å². The number of amides is 1. The molecule has 17 heavy (non-hydrogen) atoms. The lowest BCUT2D eigenvalue weighted by molar-refractivity contribution is 0.0766. The Bertz CT molecular complexity index is 417. The first-order chi connectivity index (χ1) is 8.20. The minimum atomic E-state index is -0.550. The summed E-state index contributed by atoms with van der Waals surface area (Å²) < 4.78 is 13.3. The van der Waals surface area contributed by atoms with Gasteiger partial charge in [-0.15, -0.1) is 0 Å². The molecule has 0 bridgehead atoms. The van der Waals surface area contributed by atoms with Crippen LogP contribution >= 0.6 is 11.6 Å². The van der Waals surface area contributed by atoms with Gasteiger partial charge in [0.1, 0.15) is 5.82 Å². The summed E-state index contributed by atoms with van der Waals surface area (Å²) in [7, 11) is 0. The lowest BCUT2D eigenvalue weighted by Crippen LogP contribution is -2.34. The van der Waals surface area contributed by atoms with Crippen molar-refractivity contribution in [3.8, 4) is 0 Å². The number of hydrogen-bond acceptors (Lipinski definition) is 2. The van der Waals surface area contributed by atoms with E-state index in [9.17, 15) is 9.18 Å². The third-order valence-corrected chi connectivity index (χ3v) is 3.19. The van der Waals surface area contributed by atoms with E-state index in [1.54, 1.807) is 11.0 Å². The molecule has 0 aromatic heterocycles. The Morgan fingerprint density at radius 3 is 3.00 bits per heavy atom. The number of carbonyl (C=O) groups is 1.